The van der Waals surface area contributed by atoms with Gasteiger partial charge in [0.25, 0.3) is 0 Å². The SMILES string of the molecule is O=C(CSc1nc2ccccc2s1)N1CCOC2CCCCC21. The smallest absolute Gasteiger partial charge is 0.233 e. The van der Waals surface area contributed by atoms with Crippen LogP contribution in [0.4, 0.5) is 0 Å². The molecule has 0 spiro atoms. The third-order valence-corrected chi connectivity index (χ3v) is 6.81. The Morgan fingerprint density at radius 1 is 1.35 bits per heavy atom. The summed E-state index contributed by atoms with van der Waals surface area (Å²) < 4.78 is 8.02. The van der Waals surface area contributed by atoms with Crippen LogP contribution in [0.3, 0.4) is 0 Å². The fraction of sp³-hybridized carbons (Fsp3) is 0.529. The topological polar surface area (TPSA) is 42.4 Å². The standard InChI is InChI=1S/C17H20N2O2S2/c20-16(19-9-10-21-14-7-3-2-6-13(14)19)11-22-17-18-12-5-1-4-8-15(12)23-17/h1,4-5,8,13-14H,2-3,6-7,9-11H2. The van der Waals surface area contributed by atoms with Crippen molar-refractivity contribution >= 4 is 39.2 Å². The Morgan fingerprint density at radius 2 is 2.22 bits per heavy atom. The van der Waals surface area contributed by atoms with Crippen LogP contribution in [-0.2, 0) is 9.53 Å². The maximum atomic E-state index is 12.7. The quantitative estimate of drug-likeness (QED) is 0.796. The average Bonchev–Trinajstić information content (AvgIpc) is 3.02. The zero-order valence-electron chi connectivity index (χ0n) is 12.9. The highest BCUT2D eigenvalue weighted by Crippen LogP contribution is 2.31. The van der Waals surface area contributed by atoms with Crippen molar-refractivity contribution in [3.63, 3.8) is 0 Å². The van der Waals surface area contributed by atoms with E-state index in [0.717, 1.165) is 29.2 Å². The summed E-state index contributed by atoms with van der Waals surface area (Å²) in [6, 6.07) is 8.41. The number of amides is 1. The second-order valence-corrected chi connectivity index (χ2v) is 8.34. The molecule has 1 amide bonds. The molecule has 1 aliphatic heterocycles. The lowest BCUT2D eigenvalue weighted by Crippen LogP contribution is -2.55. The summed E-state index contributed by atoms with van der Waals surface area (Å²) in [6.07, 6.45) is 4.87. The highest BCUT2D eigenvalue weighted by molar-refractivity contribution is 8.01. The Morgan fingerprint density at radius 3 is 3.13 bits per heavy atom. The van der Waals surface area contributed by atoms with Crippen molar-refractivity contribution in [3.05, 3.63) is 24.3 Å². The molecule has 2 unspecified atom stereocenters. The molecule has 122 valence electrons. The van der Waals surface area contributed by atoms with Crippen LogP contribution in [-0.4, -0.2) is 46.8 Å². The van der Waals surface area contributed by atoms with Gasteiger partial charge in [0.05, 0.1) is 34.7 Å². The van der Waals surface area contributed by atoms with Crippen LogP contribution in [0.25, 0.3) is 10.2 Å². The van der Waals surface area contributed by atoms with E-state index in [0.29, 0.717) is 18.4 Å². The van der Waals surface area contributed by atoms with Gasteiger partial charge in [-0.2, -0.15) is 0 Å². The fourth-order valence-corrected chi connectivity index (χ4v) is 5.48. The van der Waals surface area contributed by atoms with Crippen molar-refractivity contribution in [3.8, 4) is 0 Å². The summed E-state index contributed by atoms with van der Waals surface area (Å²) in [5.41, 5.74) is 1.02. The van der Waals surface area contributed by atoms with Gasteiger partial charge in [-0.3, -0.25) is 4.79 Å². The number of morpholine rings is 1. The number of aromatic nitrogens is 1. The van der Waals surface area contributed by atoms with Crippen molar-refractivity contribution in [2.24, 2.45) is 0 Å². The first-order valence-electron chi connectivity index (χ1n) is 8.21. The predicted molar refractivity (Wildman–Crippen MR) is 94.1 cm³/mol. The van der Waals surface area contributed by atoms with Crippen molar-refractivity contribution in [1.82, 2.24) is 9.88 Å². The number of thioether (sulfide) groups is 1. The largest absolute Gasteiger partial charge is 0.374 e. The Kier molecular flexibility index (Phi) is 4.55. The van der Waals surface area contributed by atoms with E-state index in [9.17, 15) is 4.79 Å². The van der Waals surface area contributed by atoms with Crippen LogP contribution < -0.4 is 0 Å². The van der Waals surface area contributed by atoms with E-state index in [1.807, 2.05) is 18.2 Å². The number of nitrogens with zero attached hydrogens (tertiary/aromatic N) is 2. The third-order valence-electron chi connectivity index (χ3n) is 4.65. The second kappa shape index (κ2) is 6.79. The normalized spacial score (nSPS) is 24.6. The molecular weight excluding hydrogens is 328 g/mol. The van der Waals surface area contributed by atoms with Gasteiger partial charge in [-0.15, -0.1) is 11.3 Å². The van der Waals surface area contributed by atoms with Gasteiger partial charge in [-0.1, -0.05) is 36.7 Å². The lowest BCUT2D eigenvalue weighted by molar-refractivity contribution is -0.146. The van der Waals surface area contributed by atoms with E-state index < -0.39 is 0 Å². The van der Waals surface area contributed by atoms with Crippen LogP contribution in [0.5, 0.6) is 0 Å². The molecule has 2 fully saturated rings. The van der Waals surface area contributed by atoms with Crippen molar-refractivity contribution in [2.75, 3.05) is 18.9 Å². The molecule has 23 heavy (non-hydrogen) atoms. The Hall–Kier alpha value is -1.11. The number of para-hydroxylation sites is 1. The van der Waals surface area contributed by atoms with Gasteiger partial charge in [0.15, 0.2) is 4.34 Å². The molecule has 1 aromatic carbocycles. The third kappa shape index (κ3) is 3.25. The first-order chi connectivity index (χ1) is 11.3. The monoisotopic (exact) mass is 348 g/mol. The number of carbonyl (C=O) groups is 1. The van der Waals surface area contributed by atoms with Gasteiger partial charge in [-0.25, -0.2) is 4.98 Å². The van der Waals surface area contributed by atoms with Crippen molar-refractivity contribution < 1.29 is 9.53 Å². The summed E-state index contributed by atoms with van der Waals surface area (Å²) in [7, 11) is 0. The molecule has 0 bridgehead atoms. The molecule has 2 aliphatic rings. The second-order valence-electron chi connectivity index (χ2n) is 6.08. The molecule has 1 aliphatic carbocycles. The molecule has 0 radical (unpaired) electrons. The number of hydrogen-bond donors (Lipinski definition) is 0. The summed E-state index contributed by atoms with van der Waals surface area (Å²) in [4.78, 5) is 19.3. The Labute approximate surface area is 144 Å². The van der Waals surface area contributed by atoms with Gasteiger partial charge >= 0.3 is 0 Å². The average molecular weight is 348 g/mol. The summed E-state index contributed by atoms with van der Waals surface area (Å²) >= 11 is 3.23. The maximum absolute atomic E-state index is 12.7. The van der Waals surface area contributed by atoms with Crippen LogP contribution >= 0.6 is 23.1 Å². The molecule has 1 aromatic heterocycles. The number of ether oxygens (including phenoxy) is 1. The van der Waals surface area contributed by atoms with E-state index in [1.54, 1.807) is 23.1 Å². The van der Waals surface area contributed by atoms with Crippen LogP contribution in [0, 0.1) is 0 Å². The van der Waals surface area contributed by atoms with E-state index in [2.05, 4.69) is 16.0 Å². The van der Waals surface area contributed by atoms with Gasteiger partial charge in [0.1, 0.15) is 0 Å². The van der Waals surface area contributed by atoms with Crippen LogP contribution in [0.15, 0.2) is 28.6 Å². The first kappa shape index (κ1) is 15.4. The van der Waals surface area contributed by atoms with E-state index >= 15 is 0 Å². The Balaban J connectivity index is 1.40. The minimum Gasteiger partial charge on any atom is -0.374 e. The molecule has 2 aromatic rings. The highest BCUT2D eigenvalue weighted by Gasteiger charge is 2.36. The number of thiazole rings is 1. The van der Waals surface area contributed by atoms with E-state index in [4.69, 9.17) is 4.74 Å². The number of fused-ring (bicyclic) bond motifs is 2. The summed E-state index contributed by atoms with van der Waals surface area (Å²) in [5.74, 6) is 0.706. The molecule has 6 heteroatoms. The Bertz CT molecular complexity index is 668. The summed E-state index contributed by atoms with van der Waals surface area (Å²) in [6.45, 7) is 1.42. The van der Waals surface area contributed by atoms with Gasteiger partial charge in [-0.05, 0) is 25.0 Å². The van der Waals surface area contributed by atoms with Crippen LogP contribution in [0.1, 0.15) is 25.7 Å². The lowest BCUT2D eigenvalue weighted by atomic mass is 9.90. The first-order valence-corrected chi connectivity index (χ1v) is 10.0. The lowest BCUT2D eigenvalue weighted by Gasteiger charge is -2.43. The highest BCUT2D eigenvalue weighted by atomic mass is 32.2. The number of hydrogen-bond acceptors (Lipinski definition) is 5. The van der Waals surface area contributed by atoms with Gasteiger partial charge < -0.3 is 9.64 Å². The van der Waals surface area contributed by atoms with Crippen molar-refractivity contribution in [1.29, 1.82) is 0 Å². The maximum Gasteiger partial charge on any atom is 0.233 e. The molecule has 2 atom stereocenters. The molecule has 2 heterocycles. The zero-order chi connectivity index (χ0) is 15.6. The van der Waals surface area contributed by atoms with Gasteiger partial charge in [0.2, 0.25) is 5.91 Å². The number of carbonyl (C=O) groups excluding carboxylic acids is 1. The van der Waals surface area contributed by atoms with Crippen LogP contribution in [0.2, 0.25) is 0 Å². The molecule has 4 nitrogen and oxygen atoms in total. The molecule has 1 saturated carbocycles. The molecule has 0 N–H and O–H groups in total. The molecular formula is C17H20N2O2S2. The minimum atomic E-state index is 0.231. The van der Waals surface area contributed by atoms with E-state index in [1.165, 1.54) is 17.5 Å². The number of benzene rings is 1. The number of rotatable bonds is 3. The summed E-state index contributed by atoms with van der Waals surface area (Å²) in [5, 5.41) is 0. The molecule has 1 saturated heterocycles. The zero-order valence-corrected chi connectivity index (χ0v) is 14.6. The molecule has 4 rings (SSSR count). The van der Waals surface area contributed by atoms with Gasteiger partial charge in [0, 0.05) is 6.54 Å². The van der Waals surface area contributed by atoms with E-state index in [-0.39, 0.29) is 12.0 Å². The van der Waals surface area contributed by atoms with Crippen molar-refractivity contribution in [2.45, 2.75) is 42.2 Å². The fourth-order valence-electron chi connectivity index (χ4n) is 3.53. The predicted octanol–water partition coefficient (Wildman–Crippen LogP) is 3.56. The minimum absolute atomic E-state index is 0.231.